The second-order valence-electron chi connectivity index (χ2n) is 9.70. The molecule has 0 aliphatic carbocycles. The van der Waals surface area contributed by atoms with Gasteiger partial charge in [0.1, 0.15) is 5.84 Å². The molecule has 4 heteroatoms. The molecule has 0 fully saturated rings. The van der Waals surface area contributed by atoms with Gasteiger partial charge >= 0.3 is 0 Å². The first-order chi connectivity index (χ1) is 19.2. The van der Waals surface area contributed by atoms with Crippen LogP contribution in [0.2, 0.25) is 5.02 Å². The second-order valence-corrected chi connectivity index (χ2v) is 10.1. The molecule has 1 aliphatic rings. The third kappa shape index (κ3) is 4.67. The van der Waals surface area contributed by atoms with E-state index in [0.29, 0.717) is 17.1 Å². The van der Waals surface area contributed by atoms with E-state index in [4.69, 9.17) is 16.6 Å². The largest absolute Gasteiger partial charge is 0.342 e. The summed E-state index contributed by atoms with van der Waals surface area (Å²) < 4.78 is 0. The lowest BCUT2D eigenvalue weighted by Gasteiger charge is -2.38. The van der Waals surface area contributed by atoms with Gasteiger partial charge in [0.2, 0.25) is 0 Å². The Bertz CT molecular complexity index is 1590. The summed E-state index contributed by atoms with van der Waals surface area (Å²) in [7, 11) is 0. The summed E-state index contributed by atoms with van der Waals surface area (Å²) in [5.74, 6) is 0.732. The van der Waals surface area contributed by atoms with Crippen LogP contribution in [-0.2, 0) is 12.1 Å². The molecule has 0 saturated heterocycles. The molecule has 39 heavy (non-hydrogen) atoms. The molecule has 0 amide bonds. The molecule has 1 aliphatic heterocycles. The number of ketones is 1. The van der Waals surface area contributed by atoms with Gasteiger partial charge in [0, 0.05) is 22.7 Å². The van der Waals surface area contributed by atoms with Gasteiger partial charge in [-0.1, -0.05) is 145 Å². The monoisotopic (exact) mass is 526 g/mol. The van der Waals surface area contributed by atoms with Crippen LogP contribution in [0.4, 0.5) is 0 Å². The second kappa shape index (κ2) is 10.7. The van der Waals surface area contributed by atoms with Gasteiger partial charge in [-0.15, -0.1) is 0 Å². The summed E-state index contributed by atoms with van der Waals surface area (Å²) in [5, 5.41) is 0.615. The van der Waals surface area contributed by atoms with E-state index in [-0.39, 0.29) is 5.78 Å². The fraction of sp³-hybridized carbons (Fsp3) is 0.0857. The summed E-state index contributed by atoms with van der Waals surface area (Å²) in [6, 6.07) is 47.4. The SMILES string of the molecule is O=C(c1ccccc1)[C@]1(c2ccc(Cl)cc2)N=C(c2ccccc2)N(Cc2ccccc2)[C@H]1c1ccccc1. The van der Waals surface area contributed by atoms with Gasteiger partial charge in [0.15, 0.2) is 11.3 Å². The molecule has 6 rings (SSSR count). The highest BCUT2D eigenvalue weighted by Crippen LogP contribution is 2.51. The maximum Gasteiger partial charge on any atom is 0.197 e. The molecule has 0 spiro atoms. The molecule has 5 aromatic rings. The van der Waals surface area contributed by atoms with Crippen LogP contribution in [0.25, 0.3) is 0 Å². The number of amidine groups is 1. The summed E-state index contributed by atoms with van der Waals surface area (Å²) in [5.41, 5.74) is 3.30. The summed E-state index contributed by atoms with van der Waals surface area (Å²) in [4.78, 5) is 22.6. The first-order valence-corrected chi connectivity index (χ1v) is 13.4. The van der Waals surface area contributed by atoms with Gasteiger partial charge in [-0.3, -0.25) is 4.79 Å². The number of hydrogen-bond acceptors (Lipinski definition) is 3. The van der Waals surface area contributed by atoms with Crippen molar-refractivity contribution in [1.82, 2.24) is 4.90 Å². The van der Waals surface area contributed by atoms with Crippen molar-refractivity contribution in [2.45, 2.75) is 18.1 Å². The number of Topliss-reactive ketones (excluding diaryl/α,β-unsaturated/α-hetero) is 1. The lowest BCUT2D eigenvalue weighted by molar-refractivity contribution is 0.0820. The number of benzene rings is 5. The Balaban J connectivity index is 1.66. The van der Waals surface area contributed by atoms with Crippen LogP contribution >= 0.6 is 11.6 Å². The van der Waals surface area contributed by atoms with Crippen molar-refractivity contribution < 1.29 is 4.79 Å². The Labute approximate surface area is 234 Å². The number of aliphatic imine (C=N–C) groups is 1. The van der Waals surface area contributed by atoms with E-state index in [1.54, 1.807) is 0 Å². The van der Waals surface area contributed by atoms with Gasteiger partial charge < -0.3 is 4.90 Å². The van der Waals surface area contributed by atoms with Crippen LogP contribution in [0.15, 0.2) is 151 Å². The average Bonchev–Trinajstić information content (AvgIpc) is 3.34. The Morgan fingerprint density at radius 3 is 1.85 bits per heavy atom. The number of rotatable bonds is 7. The van der Waals surface area contributed by atoms with Crippen molar-refractivity contribution in [3.8, 4) is 0 Å². The maximum absolute atomic E-state index is 14.8. The fourth-order valence-corrected chi connectivity index (χ4v) is 5.63. The molecule has 0 unspecified atom stereocenters. The number of nitrogens with zero attached hydrogens (tertiary/aromatic N) is 2. The Morgan fingerprint density at radius 1 is 0.692 bits per heavy atom. The lowest BCUT2D eigenvalue weighted by Crippen LogP contribution is -2.43. The van der Waals surface area contributed by atoms with Crippen molar-refractivity contribution >= 4 is 23.2 Å². The molecule has 0 saturated carbocycles. The smallest absolute Gasteiger partial charge is 0.197 e. The zero-order valence-corrected chi connectivity index (χ0v) is 22.1. The third-order valence-electron chi connectivity index (χ3n) is 7.27. The molecule has 0 radical (unpaired) electrons. The number of hydrogen-bond donors (Lipinski definition) is 0. The topological polar surface area (TPSA) is 32.7 Å². The highest BCUT2D eigenvalue weighted by atomic mass is 35.5. The first-order valence-electron chi connectivity index (χ1n) is 13.0. The number of halogens is 1. The minimum Gasteiger partial charge on any atom is -0.342 e. The van der Waals surface area contributed by atoms with E-state index in [0.717, 1.165) is 28.1 Å². The van der Waals surface area contributed by atoms with E-state index in [1.165, 1.54) is 0 Å². The van der Waals surface area contributed by atoms with Crippen LogP contribution in [0.3, 0.4) is 0 Å². The zero-order valence-electron chi connectivity index (χ0n) is 21.3. The van der Waals surface area contributed by atoms with Crippen molar-refractivity contribution in [1.29, 1.82) is 0 Å². The molecule has 190 valence electrons. The van der Waals surface area contributed by atoms with Gasteiger partial charge in [-0.2, -0.15) is 0 Å². The maximum atomic E-state index is 14.8. The third-order valence-corrected chi connectivity index (χ3v) is 7.52. The van der Waals surface area contributed by atoms with Gasteiger partial charge in [-0.05, 0) is 28.8 Å². The van der Waals surface area contributed by atoms with Crippen molar-refractivity contribution in [3.05, 3.63) is 178 Å². The lowest BCUT2D eigenvalue weighted by atomic mass is 9.74. The molecule has 0 aromatic heterocycles. The quantitative estimate of drug-likeness (QED) is 0.201. The molecule has 1 heterocycles. The first kappa shape index (κ1) is 24.8. The van der Waals surface area contributed by atoms with E-state index in [1.807, 2.05) is 109 Å². The van der Waals surface area contributed by atoms with Crippen LogP contribution in [0.5, 0.6) is 0 Å². The van der Waals surface area contributed by atoms with E-state index < -0.39 is 11.6 Å². The standard InChI is InChI=1S/C35H27ClN2O/c36-31-23-21-30(22-24-31)35(33(39)28-17-9-3-10-18-28)32(27-15-7-2-8-16-27)38(25-26-13-5-1-6-14-26)34(37-35)29-19-11-4-12-20-29/h1-24,32H,25H2/t32-,35+/m0/s1. The van der Waals surface area contributed by atoms with E-state index in [9.17, 15) is 4.79 Å². The Morgan fingerprint density at radius 2 is 1.23 bits per heavy atom. The highest BCUT2D eigenvalue weighted by Gasteiger charge is 2.56. The normalized spacial score (nSPS) is 18.5. The summed E-state index contributed by atoms with van der Waals surface area (Å²) in [6.07, 6.45) is 0. The van der Waals surface area contributed by atoms with Crippen molar-refractivity contribution in [3.63, 3.8) is 0 Å². The van der Waals surface area contributed by atoms with Gasteiger partial charge in [0.05, 0.1) is 6.04 Å². The number of carbonyl (C=O) groups is 1. The average molecular weight is 527 g/mol. The van der Waals surface area contributed by atoms with E-state index in [2.05, 4.69) is 41.3 Å². The zero-order chi connectivity index (χ0) is 26.7. The van der Waals surface area contributed by atoms with Crippen LogP contribution < -0.4 is 0 Å². The molecule has 0 N–H and O–H groups in total. The molecule has 3 nitrogen and oxygen atoms in total. The minimum atomic E-state index is -1.24. The summed E-state index contributed by atoms with van der Waals surface area (Å²) >= 11 is 6.34. The minimum absolute atomic E-state index is 0.0525. The van der Waals surface area contributed by atoms with Crippen LogP contribution in [0.1, 0.15) is 38.7 Å². The molecule has 2 atom stereocenters. The van der Waals surface area contributed by atoms with Crippen LogP contribution in [0, 0.1) is 0 Å². The Kier molecular flexibility index (Phi) is 6.83. The molecular formula is C35H27ClN2O. The predicted octanol–water partition coefficient (Wildman–Crippen LogP) is 8.12. The van der Waals surface area contributed by atoms with E-state index >= 15 is 0 Å². The molecule has 0 bridgehead atoms. The Hall–Kier alpha value is -4.47. The van der Waals surface area contributed by atoms with Gasteiger partial charge in [-0.25, -0.2) is 4.99 Å². The fourth-order valence-electron chi connectivity index (χ4n) is 5.50. The van der Waals surface area contributed by atoms with Crippen LogP contribution in [-0.4, -0.2) is 16.5 Å². The summed E-state index contributed by atoms with van der Waals surface area (Å²) in [6.45, 7) is 0.589. The van der Waals surface area contributed by atoms with Crippen molar-refractivity contribution in [2.75, 3.05) is 0 Å². The molecule has 5 aromatic carbocycles. The molecular weight excluding hydrogens is 500 g/mol. The highest BCUT2D eigenvalue weighted by molar-refractivity contribution is 6.30. The number of carbonyl (C=O) groups excluding carboxylic acids is 1. The predicted molar refractivity (Wildman–Crippen MR) is 158 cm³/mol. The van der Waals surface area contributed by atoms with Gasteiger partial charge in [0.25, 0.3) is 0 Å². The van der Waals surface area contributed by atoms with Crippen molar-refractivity contribution in [2.24, 2.45) is 4.99 Å².